The fourth-order valence-corrected chi connectivity index (χ4v) is 4.13. The normalized spacial score (nSPS) is 15.2. The van der Waals surface area contributed by atoms with Gasteiger partial charge in [0.25, 0.3) is 11.8 Å². The van der Waals surface area contributed by atoms with Crippen molar-refractivity contribution in [2.24, 2.45) is 5.73 Å². The lowest BCUT2D eigenvalue weighted by molar-refractivity contribution is -0.117. The van der Waals surface area contributed by atoms with Gasteiger partial charge in [-0.15, -0.1) is 0 Å². The number of amides is 2. The van der Waals surface area contributed by atoms with E-state index in [2.05, 4.69) is 26.8 Å². The van der Waals surface area contributed by atoms with Crippen LogP contribution in [0.2, 0.25) is 0 Å². The van der Waals surface area contributed by atoms with Gasteiger partial charge in [0.2, 0.25) is 5.78 Å². The molecule has 1 aromatic carbocycles. The molecule has 37 heavy (non-hydrogen) atoms. The summed E-state index contributed by atoms with van der Waals surface area (Å²) >= 11 is 0. The maximum Gasteiger partial charge on any atom is 0.265 e. The molecule has 0 fully saturated rings. The van der Waals surface area contributed by atoms with Crippen LogP contribution in [0.3, 0.4) is 0 Å². The van der Waals surface area contributed by atoms with Crippen molar-refractivity contribution in [1.82, 2.24) is 15.0 Å². The Morgan fingerprint density at radius 3 is 2.54 bits per heavy atom. The predicted octanol–water partition coefficient (Wildman–Crippen LogP) is 4.44. The van der Waals surface area contributed by atoms with E-state index in [-0.39, 0.29) is 45.0 Å². The van der Waals surface area contributed by atoms with E-state index >= 15 is 8.78 Å². The summed E-state index contributed by atoms with van der Waals surface area (Å²) < 4.78 is 30.7. The fourth-order valence-electron chi connectivity index (χ4n) is 4.13. The van der Waals surface area contributed by atoms with Crippen molar-refractivity contribution in [2.75, 3.05) is 5.32 Å². The summed E-state index contributed by atoms with van der Waals surface area (Å²) in [7, 11) is 0. The number of halogens is 2. The summed E-state index contributed by atoms with van der Waals surface area (Å²) in [4.78, 5) is 48.4. The van der Waals surface area contributed by atoms with Crippen LogP contribution in [0.25, 0.3) is 16.7 Å². The second kappa shape index (κ2) is 9.73. The van der Waals surface area contributed by atoms with Crippen LogP contribution in [-0.4, -0.2) is 32.5 Å². The number of rotatable bonds is 6. The molecule has 1 unspecified atom stereocenters. The van der Waals surface area contributed by atoms with Crippen molar-refractivity contribution in [1.29, 1.82) is 0 Å². The van der Waals surface area contributed by atoms with E-state index in [1.807, 2.05) is 0 Å². The van der Waals surface area contributed by atoms with Crippen LogP contribution in [0.1, 0.15) is 46.1 Å². The number of carbonyl (C=O) groups excluding carboxylic acids is 3. The van der Waals surface area contributed by atoms with Gasteiger partial charge >= 0.3 is 0 Å². The van der Waals surface area contributed by atoms with Crippen LogP contribution in [0.4, 0.5) is 14.5 Å². The number of nitrogens with zero attached hydrogens (tertiary/aromatic N) is 2. The number of nitrogens with two attached hydrogens (primary N) is 1. The molecule has 0 saturated carbocycles. The maximum absolute atomic E-state index is 15.3. The van der Waals surface area contributed by atoms with Crippen LogP contribution < -0.4 is 11.1 Å². The number of hydrogen-bond donors (Lipinski definition) is 3. The first kappa shape index (κ1) is 25.4. The Labute approximate surface area is 211 Å². The molecular weight excluding hydrogens is 480 g/mol. The zero-order chi connectivity index (χ0) is 27.0. The molecule has 2 aromatic heterocycles. The second-order valence-electron chi connectivity index (χ2n) is 8.66. The molecule has 3 aromatic rings. The highest BCUT2D eigenvalue weighted by atomic mass is 19.1. The molecule has 188 valence electrons. The molecule has 1 atom stereocenters. The molecule has 0 radical (unpaired) electrons. The summed E-state index contributed by atoms with van der Waals surface area (Å²) in [6, 6.07) is 5.59. The first-order chi connectivity index (χ1) is 17.5. The number of aromatic amines is 1. The van der Waals surface area contributed by atoms with Crippen molar-refractivity contribution >= 4 is 28.9 Å². The molecule has 1 aliphatic rings. The van der Waals surface area contributed by atoms with Crippen molar-refractivity contribution in [3.05, 3.63) is 94.9 Å². The molecular formula is C27H23F2N5O3. The zero-order valence-corrected chi connectivity index (χ0v) is 20.3. The lowest BCUT2D eigenvalue weighted by Gasteiger charge is -2.19. The minimum atomic E-state index is -1.27. The Morgan fingerprint density at radius 2 is 1.92 bits per heavy atom. The molecule has 2 amide bonds. The van der Waals surface area contributed by atoms with Gasteiger partial charge in [0, 0.05) is 45.5 Å². The first-order valence-electron chi connectivity index (χ1n) is 11.2. The molecule has 4 N–H and O–H groups in total. The van der Waals surface area contributed by atoms with Crippen LogP contribution in [0, 0.1) is 19.7 Å². The number of H-pyrrole nitrogens is 1. The number of primary amides is 1. The standard InChI is InChI=1S/C27H23F2N5O3/c1-12(2)27(37)34-15-5-6-16(19(28)11-15)20-14(4)33-23(25(30)36)21(20)17-7-8-18(22(29)24(17)35)26-31-10-9-13(3)32-26/h5-11,17,33H,1H2,2-4H3,(H2,30,36)(H,34,37). The molecule has 4 rings (SSSR count). The molecule has 2 heterocycles. The van der Waals surface area contributed by atoms with Gasteiger partial charge in [-0.1, -0.05) is 18.7 Å². The number of anilines is 1. The highest BCUT2D eigenvalue weighted by Crippen LogP contribution is 2.41. The number of Topliss-reactive ketones (excluding diaryl/α,β-unsaturated/α-hetero) is 1. The smallest absolute Gasteiger partial charge is 0.265 e. The third-order valence-electron chi connectivity index (χ3n) is 5.89. The van der Waals surface area contributed by atoms with E-state index in [9.17, 15) is 14.4 Å². The lowest BCUT2D eigenvalue weighted by Crippen LogP contribution is -2.21. The molecule has 0 spiro atoms. The Hall–Kier alpha value is -4.73. The quantitative estimate of drug-likeness (QED) is 0.428. The van der Waals surface area contributed by atoms with E-state index in [1.54, 1.807) is 19.9 Å². The number of aromatic nitrogens is 3. The SMILES string of the molecule is C=C(C)C(=O)Nc1ccc(-c2c(C)[nH]c(C(N)=O)c2C2C=CC(c3nccc(C)n3)=C(F)C2=O)c(F)c1. The van der Waals surface area contributed by atoms with Gasteiger partial charge in [0.1, 0.15) is 11.5 Å². The topological polar surface area (TPSA) is 131 Å². The lowest BCUT2D eigenvalue weighted by atomic mass is 9.83. The number of carbonyl (C=O) groups is 3. The van der Waals surface area contributed by atoms with E-state index < -0.39 is 35.2 Å². The Kier molecular flexibility index (Phi) is 6.67. The zero-order valence-electron chi connectivity index (χ0n) is 20.3. The number of allylic oxidation sites excluding steroid dienone is 4. The fraction of sp³-hybridized carbons (Fsp3) is 0.148. The highest BCUT2D eigenvalue weighted by molar-refractivity contribution is 6.11. The largest absolute Gasteiger partial charge is 0.364 e. The average molecular weight is 504 g/mol. The average Bonchev–Trinajstić information content (AvgIpc) is 3.17. The van der Waals surface area contributed by atoms with Gasteiger partial charge < -0.3 is 16.0 Å². The van der Waals surface area contributed by atoms with Gasteiger partial charge in [-0.25, -0.2) is 18.7 Å². The van der Waals surface area contributed by atoms with Gasteiger partial charge in [0.05, 0.1) is 11.5 Å². The van der Waals surface area contributed by atoms with Crippen molar-refractivity contribution in [3.8, 4) is 11.1 Å². The number of nitrogens with one attached hydrogen (secondary N) is 2. The Morgan fingerprint density at radius 1 is 1.19 bits per heavy atom. The molecule has 0 aliphatic heterocycles. The number of benzene rings is 1. The second-order valence-corrected chi connectivity index (χ2v) is 8.66. The predicted molar refractivity (Wildman–Crippen MR) is 135 cm³/mol. The number of aryl methyl sites for hydroxylation is 2. The van der Waals surface area contributed by atoms with Crippen LogP contribution in [0.5, 0.6) is 0 Å². The first-order valence-corrected chi connectivity index (χ1v) is 11.2. The van der Waals surface area contributed by atoms with Crippen molar-refractivity contribution in [2.45, 2.75) is 26.7 Å². The number of hydrogen-bond acceptors (Lipinski definition) is 5. The monoisotopic (exact) mass is 503 g/mol. The summed E-state index contributed by atoms with van der Waals surface area (Å²) in [5.41, 5.74) is 6.95. The molecule has 10 heteroatoms. The minimum Gasteiger partial charge on any atom is -0.364 e. The van der Waals surface area contributed by atoms with Crippen LogP contribution >= 0.6 is 0 Å². The van der Waals surface area contributed by atoms with E-state index in [1.165, 1.54) is 37.4 Å². The summed E-state index contributed by atoms with van der Waals surface area (Å²) in [6.45, 7) is 8.34. The summed E-state index contributed by atoms with van der Waals surface area (Å²) in [6.07, 6.45) is 4.22. The summed E-state index contributed by atoms with van der Waals surface area (Å²) in [5.74, 6) is -5.37. The van der Waals surface area contributed by atoms with Gasteiger partial charge in [-0.3, -0.25) is 14.4 Å². The third-order valence-corrected chi connectivity index (χ3v) is 5.89. The van der Waals surface area contributed by atoms with Gasteiger partial charge in [-0.2, -0.15) is 0 Å². The molecule has 0 saturated heterocycles. The van der Waals surface area contributed by atoms with Crippen LogP contribution in [-0.2, 0) is 9.59 Å². The number of ketones is 1. The van der Waals surface area contributed by atoms with E-state index in [4.69, 9.17) is 5.73 Å². The van der Waals surface area contributed by atoms with Crippen molar-refractivity contribution in [3.63, 3.8) is 0 Å². The summed E-state index contributed by atoms with van der Waals surface area (Å²) in [5, 5.41) is 2.52. The Balaban J connectivity index is 1.81. The molecule has 8 nitrogen and oxygen atoms in total. The molecule has 0 bridgehead atoms. The van der Waals surface area contributed by atoms with E-state index in [0.717, 1.165) is 6.07 Å². The van der Waals surface area contributed by atoms with Gasteiger partial charge in [0.15, 0.2) is 11.7 Å². The Bertz CT molecular complexity index is 1550. The van der Waals surface area contributed by atoms with Crippen molar-refractivity contribution < 1.29 is 23.2 Å². The van der Waals surface area contributed by atoms with Gasteiger partial charge in [-0.05, 0) is 45.0 Å². The van der Waals surface area contributed by atoms with Crippen LogP contribution in [0.15, 0.2) is 60.6 Å². The van der Waals surface area contributed by atoms with E-state index in [0.29, 0.717) is 11.4 Å². The highest BCUT2D eigenvalue weighted by Gasteiger charge is 2.35. The minimum absolute atomic E-state index is 0.0305. The third kappa shape index (κ3) is 4.73. The molecule has 1 aliphatic carbocycles. The maximum atomic E-state index is 15.3.